The first-order chi connectivity index (χ1) is 6.25. The van der Waals surface area contributed by atoms with Crippen LogP contribution in [-0.2, 0) is 9.53 Å². The lowest BCUT2D eigenvalue weighted by molar-refractivity contribution is -0.120. The summed E-state index contributed by atoms with van der Waals surface area (Å²) >= 11 is 0. The topological polar surface area (TPSA) is 66.8 Å². The lowest BCUT2D eigenvalue weighted by Gasteiger charge is -2.32. The van der Waals surface area contributed by atoms with Gasteiger partial charge in [0.2, 0.25) is 0 Å². The van der Waals surface area contributed by atoms with E-state index >= 15 is 0 Å². The largest absolute Gasteiger partial charge is 0.465 e. The zero-order valence-corrected chi connectivity index (χ0v) is 7.31. The quantitative estimate of drug-likeness (QED) is 0.660. The number of aldehydes is 1. The van der Waals surface area contributed by atoms with E-state index in [4.69, 9.17) is 9.84 Å². The summed E-state index contributed by atoms with van der Waals surface area (Å²) in [6, 6.07) is 0. The van der Waals surface area contributed by atoms with Crippen LogP contribution in [0.2, 0.25) is 0 Å². The van der Waals surface area contributed by atoms with E-state index in [-0.39, 0.29) is 6.61 Å². The Labute approximate surface area is 76.3 Å². The molecule has 1 heterocycles. The van der Waals surface area contributed by atoms with Gasteiger partial charge in [-0.05, 0) is 19.3 Å². The first-order valence-corrected chi connectivity index (χ1v) is 4.30. The highest BCUT2D eigenvalue weighted by Crippen LogP contribution is 2.17. The summed E-state index contributed by atoms with van der Waals surface area (Å²) in [6.45, 7) is 0.466. The first-order valence-electron chi connectivity index (χ1n) is 4.30. The average Bonchev–Trinajstić information content (AvgIpc) is 2.15. The number of carbonyl (C=O) groups excluding carboxylic acids is 1. The van der Waals surface area contributed by atoms with Gasteiger partial charge in [-0.25, -0.2) is 4.79 Å². The molecule has 1 unspecified atom stereocenters. The van der Waals surface area contributed by atoms with E-state index in [9.17, 15) is 9.59 Å². The molecule has 1 aliphatic rings. The molecule has 1 saturated heterocycles. The highest BCUT2D eigenvalue weighted by molar-refractivity contribution is 5.65. The third-order valence-electron chi connectivity index (χ3n) is 2.05. The number of nitrogens with zero attached hydrogens (tertiary/aromatic N) is 1. The Balaban J connectivity index is 2.46. The monoisotopic (exact) mass is 187 g/mol. The molecule has 0 aromatic rings. The van der Waals surface area contributed by atoms with Crippen molar-refractivity contribution in [1.82, 2.24) is 4.90 Å². The van der Waals surface area contributed by atoms with Gasteiger partial charge in [-0.15, -0.1) is 0 Å². The lowest BCUT2D eigenvalue weighted by atomic mass is 10.1. The fourth-order valence-corrected chi connectivity index (χ4v) is 1.44. The van der Waals surface area contributed by atoms with E-state index in [1.807, 2.05) is 0 Å². The molecule has 1 aliphatic heterocycles. The molecule has 74 valence electrons. The summed E-state index contributed by atoms with van der Waals surface area (Å²) in [5.74, 6) is 0. The predicted octanol–water partition coefficient (Wildman–Crippen LogP) is 0.692. The summed E-state index contributed by atoms with van der Waals surface area (Å²) < 4.78 is 5.08. The fourth-order valence-electron chi connectivity index (χ4n) is 1.44. The van der Waals surface area contributed by atoms with Crippen molar-refractivity contribution in [2.45, 2.75) is 25.5 Å². The first kappa shape index (κ1) is 9.98. The molecule has 1 N–H and O–H groups in total. The highest BCUT2D eigenvalue weighted by atomic mass is 16.5. The van der Waals surface area contributed by atoms with Crippen molar-refractivity contribution >= 4 is 12.4 Å². The van der Waals surface area contributed by atoms with Crippen molar-refractivity contribution in [2.24, 2.45) is 0 Å². The van der Waals surface area contributed by atoms with Crippen LogP contribution in [0.15, 0.2) is 0 Å². The second-order valence-corrected chi connectivity index (χ2v) is 2.93. The third kappa shape index (κ3) is 2.69. The van der Waals surface area contributed by atoms with Gasteiger partial charge in [0.15, 0.2) is 0 Å². The van der Waals surface area contributed by atoms with Crippen LogP contribution < -0.4 is 0 Å². The Morgan fingerprint density at radius 3 is 3.00 bits per heavy atom. The van der Waals surface area contributed by atoms with Crippen LogP contribution in [0, 0.1) is 0 Å². The van der Waals surface area contributed by atoms with E-state index in [2.05, 4.69) is 0 Å². The van der Waals surface area contributed by atoms with Gasteiger partial charge in [0.05, 0.1) is 0 Å². The average molecular weight is 187 g/mol. The molecule has 0 aliphatic carbocycles. The number of rotatable bonds is 3. The van der Waals surface area contributed by atoms with Gasteiger partial charge in [0.1, 0.15) is 19.1 Å². The number of ether oxygens (including phenoxy) is 1. The summed E-state index contributed by atoms with van der Waals surface area (Å²) in [7, 11) is 0. The molecule has 1 atom stereocenters. The molecule has 5 nitrogen and oxygen atoms in total. The maximum Gasteiger partial charge on any atom is 0.409 e. The van der Waals surface area contributed by atoms with Crippen LogP contribution in [0.5, 0.6) is 0 Å². The molecule has 5 heteroatoms. The zero-order valence-electron chi connectivity index (χ0n) is 7.31. The maximum atomic E-state index is 10.7. The van der Waals surface area contributed by atoms with Crippen LogP contribution in [0.25, 0.3) is 0 Å². The summed E-state index contributed by atoms with van der Waals surface area (Å²) in [5, 5.41) is 8.77. The SMILES string of the molecule is O=CCOC1CCCCN1C(=O)O. The molecule has 0 saturated carbocycles. The Hall–Kier alpha value is -1.10. The zero-order chi connectivity index (χ0) is 9.68. The van der Waals surface area contributed by atoms with Gasteiger partial charge in [-0.2, -0.15) is 0 Å². The molecular formula is C8H13NO4. The minimum absolute atomic E-state index is 0.0333. The van der Waals surface area contributed by atoms with Gasteiger partial charge < -0.3 is 14.6 Å². The van der Waals surface area contributed by atoms with E-state index in [0.717, 1.165) is 12.8 Å². The smallest absolute Gasteiger partial charge is 0.409 e. The van der Waals surface area contributed by atoms with Crippen molar-refractivity contribution in [2.75, 3.05) is 13.2 Å². The van der Waals surface area contributed by atoms with Crippen LogP contribution in [-0.4, -0.2) is 41.8 Å². The van der Waals surface area contributed by atoms with Crippen molar-refractivity contribution in [1.29, 1.82) is 0 Å². The molecule has 0 aromatic heterocycles. The molecule has 1 amide bonds. The molecule has 13 heavy (non-hydrogen) atoms. The number of piperidine rings is 1. The standard InChI is InChI=1S/C8H13NO4/c10-5-6-13-7-3-1-2-4-9(7)8(11)12/h5,7H,1-4,6H2,(H,11,12). The Kier molecular flexibility index (Phi) is 3.70. The van der Waals surface area contributed by atoms with Gasteiger partial charge in [0, 0.05) is 6.54 Å². The van der Waals surface area contributed by atoms with E-state index in [0.29, 0.717) is 19.3 Å². The molecule has 0 radical (unpaired) electrons. The van der Waals surface area contributed by atoms with Crippen LogP contribution in [0.3, 0.4) is 0 Å². The van der Waals surface area contributed by atoms with Crippen molar-refractivity contribution in [3.63, 3.8) is 0 Å². The number of carboxylic acid groups (broad SMARTS) is 1. The molecule has 0 aromatic carbocycles. The highest BCUT2D eigenvalue weighted by Gasteiger charge is 2.26. The Morgan fingerprint density at radius 1 is 1.62 bits per heavy atom. The van der Waals surface area contributed by atoms with E-state index < -0.39 is 12.3 Å². The number of amides is 1. The molecule has 0 bridgehead atoms. The van der Waals surface area contributed by atoms with Gasteiger partial charge in [-0.1, -0.05) is 0 Å². The molecule has 1 rings (SSSR count). The molecular weight excluding hydrogens is 174 g/mol. The number of hydrogen-bond donors (Lipinski definition) is 1. The summed E-state index contributed by atoms with van der Waals surface area (Å²) in [4.78, 5) is 22.0. The number of hydrogen-bond acceptors (Lipinski definition) is 3. The number of likely N-dealkylation sites (tertiary alicyclic amines) is 1. The molecule has 1 fully saturated rings. The van der Waals surface area contributed by atoms with Gasteiger partial charge in [-0.3, -0.25) is 4.90 Å². The lowest BCUT2D eigenvalue weighted by Crippen LogP contribution is -2.44. The van der Waals surface area contributed by atoms with Crippen molar-refractivity contribution in [3.8, 4) is 0 Å². The van der Waals surface area contributed by atoms with Crippen LogP contribution in [0.1, 0.15) is 19.3 Å². The maximum absolute atomic E-state index is 10.7. The summed E-state index contributed by atoms with van der Waals surface area (Å²) in [6.07, 6.45) is 1.72. The van der Waals surface area contributed by atoms with Crippen LogP contribution >= 0.6 is 0 Å². The minimum Gasteiger partial charge on any atom is -0.465 e. The second kappa shape index (κ2) is 4.81. The number of carbonyl (C=O) groups is 2. The van der Waals surface area contributed by atoms with Gasteiger partial charge >= 0.3 is 6.09 Å². The van der Waals surface area contributed by atoms with Crippen molar-refractivity contribution in [3.05, 3.63) is 0 Å². The molecule has 0 spiro atoms. The Morgan fingerprint density at radius 2 is 2.38 bits per heavy atom. The normalized spacial score (nSPS) is 22.8. The Bertz CT molecular complexity index is 195. The summed E-state index contributed by atoms with van der Waals surface area (Å²) in [5.41, 5.74) is 0. The van der Waals surface area contributed by atoms with Crippen LogP contribution in [0.4, 0.5) is 4.79 Å². The van der Waals surface area contributed by atoms with Gasteiger partial charge in [0.25, 0.3) is 0 Å². The van der Waals surface area contributed by atoms with E-state index in [1.165, 1.54) is 4.90 Å². The second-order valence-electron chi connectivity index (χ2n) is 2.93. The predicted molar refractivity (Wildman–Crippen MR) is 44.4 cm³/mol. The minimum atomic E-state index is -0.976. The van der Waals surface area contributed by atoms with Crippen molar-refractivity contribution < 1.29 is 19.4 Å². The fraction of sp³-hybridized carbons (Fsp3) is 0.750. The third-order valence-corrected chi connectivity index (χ3v) is 2.05. The van der Waals surface area contributed by atoms with E-state index in [1.54, 1.807) is 0 Å².